The van der Waals surface area contributed by atoms with Gasteiger partial charge in [0.15, 0.2) is 0 Å². The lowest BCUT2D eigenvalue weighted by Gasteiger charge is -2.17. The minimum Gasteiger partial charge on any atom is -0.468 e. The molecule has 0 unspecified atom stereocenters. The van der Waals surface area contributed by atoms with Crippen molar-refractivity contribution in [2.24, 2.45) is 0 Å². The average molecular weight is 409 g/mol. The van der Waals surface area contributed by atoms with Gasteiger partial charge in [-0.2, -0.15) is 4.31 Å². The second kappa shape index (κ2) is 5.78. The first kappa shape index (κ1) is 14.8. The second-order valence-electron chi connectivity index (χ2n) is 3.92. The molecule has 2 rings (SSSR count). The van der Waals surface area contributed by atoms with E-state index in [0.717, 1.165) is 0 Å². The highest BCUT2D eigenvalue weighted by Crippen LogP contribution is 2.28. The molecule has 2 aromatic rings. The third-order valence-corrected chi connectivity index (χ3v) is 5.83. The third-order valence-electron chi connectivity index (χ3n) is 2.54. The third kappa shape index (κ3) is 3.28. The summed E-state index contributed by atoms with van der Waals surface area (Å²) in [5, 5.41) is 0. The Hall–Kier alpha value is -0.630. The summed E-state index contributed by atoms with van der Waals surface area (Å²) in [5.74, 6) is 0.595. The maximum Gasteiger partial charge on any atom is 0.244 e. The van der Waals surface area contributed by atoms with E-state index in [1.807, 2.05) is 0 Å². The van der Waals surface area contributed by atoms with Crippen molar-refractivity contribution in [3.05, 3.63) is 51.3 Å². The van der Waals surface area contributed by atoms with Gasteiger partial charge < -0.3 is 4.42 Å². The molecule has 102 valence electrons. The van der Waals surface area contributed by atoms with E-state index in [9.17, 15) is 8.42 Å². The van der Waals surface area contributed by atoms with Crippen LogP contribution in [0.4, 0.5) is 0 Å². The molecule has 0 bridgehead atoms. The van der Waals surface area contributed by atoms with Gasteiger partial charge in [0.1, 0.15) is 5.76 Å². The van der Waals surface area contributed by atoms with Crippen molar-refractivity contribution in [1.82, 2.24) is 4.31 Å². The molecule has 1 heterocycles. The molecule has 0 aliphatic heterocycles. The average Bonchev–Trinajstić information content (AvgIpc) is 2.85. The van der Waals surface area contributed by atoms with Crippen molar-refractivity contribution >= 4 is 41.9 Å². The van der Waals surface area contributed by atoms with Gasteiger partial charge in [0.2, 0.25) is 10.0 Å². The largest absolute Gasteiger partial charge is 0.468 e. The monoisotopic (exact) mass is 407 g/mol. The fourth-order valence-corrected chi connectivity index (χ4v) is 4.15. The van der Waals surface area contributed by atoms with Crippen molar-refractivity contribution in [3.8, 4) is 0 Å². The zero-order valence-corrected chi connectivity index (χ0v) is 14.0. The van der Waals surface area contributed by atoms with Gasteiger partial charge in [0.25, 0.3) is 0 Å². The lowest BCUT2D eigenvalue weighted by molar-refractivity contribution is 0.406. The molecule has 0 aliphatic rings. The first-order chi connectivity index (χ1) is 8.91. The molecule has 1 aromatic heterocycles. The Labute approximate surface area is 128 Å². The number of hydrogen-bond acceptors (Lipinski definition) is 3. The van der Waals surface area contributed by atoms with Gasteiger partial charge in [-0.05, 0) is 46.3 Å². The van der Waals surface area contributed by atoms with Crippen LogP contribution in [-0.4, -0.2) is 19.8 Å². The van der Waals surface area contributed by atoms with Crippen LogP contribution >= 0.6 is 31.9 Å². The standard InChI is InChI=1S/C12H11Br2NO3S/c1-15(8-10-3-2-6-18-10)19(16,17)12-7-9(13)4-5-11(12)14/h2-7H,8H2,1H3. The minimum absolute atomic E-state index is 0.189. The summed E-state index contributed by atoms with van der Waals surface area (Å²) in [7, 11) is -2.05. The van der Waals surface area contributed by atoms with Crippen LogP contribution in [0.1, 0.15) is 5.76 Å². The first-order valence-electron chi connectivity index (χ1n) is 5.35. The van der Waals surface area contributed by atoms with Crippen molar-refractivity contribution in [1.29, 1.82) is 0 Å². The Morgan fingerprint density at radius 2 is 2.00 bits per heavy atom. The van der Waals surface area contributed by atoms with Gasteiger partial charge in [-0.15, -0.1) is 0 Å². The van der Waals surface area contributed by atoms with Crippen LogP contribution < -0.4 is 0 Å². The Kier molecular flexibility index (Phi) is 4.50. The topological polar surface area (TPSA) is 50.5 Å². The lowest BCUT2D eigenvalue weighted by atomic mass is 10.4. The predicted octanol–water partition coefficient (Wildman–Crippen LogP) is 3.63. The highest BCUT2D eigenvalue weighted by molar-refractivity contribution is 9.11. The van der Waals surface area contributed by atoms with Gasteiger partial charge in [-0.25, -0.2) is 8.42 Å². The maximum absolute atomic E-state index is 12.5. The highest BCUT2D eigenvalue weighted by Gasteiger charge is 2.24. The SMILES string of the molecule is CN(Cc1ccco1)S(=O)(=O)c1cc(Br)ccc1Br. The fraction of sp³-hybridized carbons (Fsp3) is 0.167. The van der Waals surface area contributed by atoms with E-state index in [0.29, 0.717) is 14.7 Å². The summed E-state index contributed by atoms with van der Waals surface area (Å²) in [6.45, 7) is 0.189. The summed E-state index contributed by atoms with van der Waals surface area (Å²) in [5.41, 5.74) is 0. The predicted molar refractivity (Wildman–Crippen MR) is 79.2 cm³/mol. The number of hydrogen-bond donors (Lipinski definition) is 0. The molecule has 0 atom stereocenters. The van der Waals surface area contributed by atoms with Crippen molar-refractivity contribution in [2.45, 2.75) is 11.4 Å². The Morgan fingerprint density at radius 1 is 1.26 bits per heavy atom. The van der Waals surface area contributed by atoms with Gasteiger partial charge in [0, 0.05) is 16.0 Å². The van der Waals surface area contributed by atoms with E-state index in [2.05, 4.69) is 31.9 Å². The molecule has 19 heavy (non-hydrogen) atoms. The Bertz CT molecular complexity index is 668. The van der Waals surface area contributed by atoms with Crippen LogP contribution in [-0.2, 0) is 16.6 Å². The van der Waals surface area contributed by atoms with Crippen LogP contribution in [0.3, 0.4) is 0 Å². The molecule has 0 amide bonds. The van der Waals surface area contributed by atoms with Crippen LogP contribution in [0.25, 0.3) is 0 Å². The number of sulfonamides is 1. The zero-order chi connectivity index (χ0) is 14.0. The van der Waals surface area contributed by atoms with Crippen molar-refractivity contribution in [3.63, 3.8) is 0 Å². The molecular formula is C12H11Br2NO3S. The van der Waals surface area contributed by atoms with Crippen molar-refractivity contribution in [2.75, 3.05) is 7.05 Å². The Balaban J connectivity index is 2.33. The summed E-state index contributed by atoms with van der Waals surface area (Å²) in [4.78, 5) is 0.218. The molecule has 0 spiro atoms. The number of benzene rings is 1. The number of nitrogens with zero attached hydrogens (tertiary/aromatic N) is 1. The smallest absolute Gasteiger partial charge is 0.244 e. The van der Waals surface area contributed by atoms with Crippen LogP contribution in [0.15, 0.2) is 54.9 Å². The fourth-order valence-electron chi connectivity index (χ4n) is 1.55. The number of furan rings is 1. The molecule has 0 fully saturated rings. The van der Waals surface area contributed by atoms with E-state index in [-0.39, 0.29) is 11.4 Å². The number of halogens is 2. The van der Waals surface area contributed by atoms with Gasteiger partial charge in [0.05, 0.1) is 17.7 Å². The first-order valence-corrected chi connectivity index (χ1v) is 8.37. The van der Waals surface area contributed by atoms with E-state index in [4.69, 9.17) is 4.42 Å². The molecular weight excluding hydrogens is 398 g/mol. The molecule has 0 N–H and O–H groups in total. The number of rotatable bonds is 4. The summed E-state index contributed by atoms with van der Waals surface area (Å²) >= 11 is 6.54. The van der Waals surface area contributed by atoms with Gasteiger partial charge >= 0.3 is 0 Å². The molecule has 1 aromatic carbocycles. The van der Waals surface area contributed by atoms with E-state index in [1.165, 1.54) is 17.6 Å². The molecule has 0 saturated heterocycles. The van der Waals surface area contributed by atoms with E-state index >= 15 is 0 Å². The summed E-state index contributed by atoms with van der Waals surface area (Å²) in [6.07, 6.45) is 1.52. The highest BCUT2D eigenvalue weighted by atomic mass is 79.9. The van der Waals surface area contributed by atoms with Gasteiger partial charge in [-0.3, -0.25) is 0 Å². The minimum atomic E-state index is -3.57. The molecule has 7 heteroatoms. The second-order valence-corrected chi connectivity index (χ2v) is 7.70. The van der Waals surface area contributed by atoms with Crippen LogP contribution in [0.2, 0.25) is 0 Å². The molecule has 0 radical (unpaired) electrons. The molecule has 0 saturated carbocycles. The van der Waals surface area contributed by atoms with E-state index in [1.54, 1.807) is 30.3 Å². The Morgan fingerprint density at radius 3 is 2.63 bits per heavy atom. The molecule has 4 nitrogen and oxygen atoms in total. The molecule has 0 aliphatic carbocycles. The van der Waals surface area contributed by atoms with Gasteiger partial charge in [-0.1, -0.05) is 15.9 Å². The lowest BCUT2D eigenvalue weighted by Crippen LogP contribution is -2.26. The normalized spacial score (nSPS) is 12.0. The van der Waals surface area contributed by atoms with E-state index < -0.39 is 10.0 Å². The van der Waals surface area contributed by atoms with Crippen LogP contribution in [0.5, 0.6) is 0 Å². The zero-order valence-electron chi connectivity index (χ0n) is 10.0. The van der Waals surface area contributed by atoms with Crippen molar-refractivity contribution < 1.29 is 12.8 Å². The summed E-state index contributed by atoms with van der Waals surface area (Å²) < 4.78 is 32.6. The summed E-state index contributed by atoms with van der Waals surface area (Å²) in [6, 6.07) is 8.50. The van der Waals surface area contributed by atoms with Crippen LogP contribution in [0, 0.1) is 0 Å². The quantitative estimate of drug-likeness (QED) is 0.776. The maximum atomic E-state index is 12.5.